The fourth-order valence-corrected chi connectivity index (χ4v) is 3.01. The molecule has 1 aromatic heterocycles. The summed E-state index contributed by atoms with van der Waals surface area (Å²) in [5.74, 6) is -0.804. The SMILES string of the molecule is O=C(O)C1=C(c2sccc2Cl)CCC1. The topological polar surface area (TPSA) is 37.3 Å². The summed E-state index contributed by atoms with van der Waals surface area (Å²) in [5.41, 5.74) is 1.46. The van der Waals surface area contributed by atoms with E-state index in [0.717, 1.165) is 23.3 Å². The van der Waals surface area contributed by atoms with Crippen LogP contribution in [0.25, 0.3) is 5.57 Å². The fraction of sp³-hybridized carbons (Fsp3) is 0.300. The third-order valence-corrected chi connectivity index (χ3v) is 3.77. The monoisotopic (exact) mass is 228 g/mol. The number of thiophene rings is 1. The van der Waals surface area contributed by atoms with Gasteiger partial charge in [0.2, 0.25) is 0 Å². The van der Waals surface area contributed by atoms with Crippen LogP contribution in [-0.4, -0.2) is 11.1 Å². The molecule has 0 spiro atoms. The van der Waals surface area contributed by atoms with Gasteiger partial charge in [-0.15, -0.1) is 11.3 Å². The lowest BCUT2D eigenvalue weighted by molar-refractivity contribution is -0.132. The average molecular weight is 229 g/mol. The molecule has 0 unspecified atom stereocenters. The van der Waals surface area contributed by atoms with Gasteiger partial charge in [-0.1, -0.05) is 11.6 Å². The highest BCUT2D eigenvalue weighted by Crippen LogP contribution is 2.39. The molecule has 0 saturated carbocycles. The van der Waals surface area contributed by atoms with Crippen molar-refractivity contribution in [3.05, 3.63) is 26.9 Å². The molecule has 1 heterocycles. The molecule has 1 N–H and O–H groups in total. The number of halogens is 1. The minimum absolute atomic E-state index is 0.536. The molecular weight excluding hydrogens is 220 g/mol. The van der Waals surface area contributed by atoms with Gasteiger partial charge in [-0.05, 0) is 36.3 Å². The van der Waals surface area contributed by atoms with Gasteiger partial charge in [-0.2, -0.15) is 0 Å². The highest BCUT2D eigenvalue weighted by Gasteiger charge is 2.23. The number of allylic oxidation sites excluding steroid dienone is 1. The first-order valence-electron chi connectivity index (χ1n) is 4.39. The fourth-order valence-electron chi connectivity index (χ4n) is 1.74. The number of aliphatic carboxylic acids is 1. The standard InChI is InChI=1S/C10H9ClO2S/c11-8-4-5-14-9(8)6-2-1-3-7(6)10(12)13/h4-5H,1-3H2,(H,12,13). The van der Waals surface area contributed by atoms with E-state index in [2.05, 4.69) is 0 Å². The van der Waals surface area contributed by atoms with Crippen LogP contribution in [0.15, 0.2) is 17.0 Å². The summed E-state index contributed by atoms with van der Waals surface area (Å²) in [5, 5.41) is 11.5. The summed E-state index contributed by atoms with van der Waals surface area (Å²) in [6.45, 7) is 0. The molecule has 0 aromatic carbocycles. The van der Waals surface area contributed by atoms with Crippen molar-refractivity contribution >= 4 is 34.5 Å². The number of hydrogen-bond donors (Lipinski definition) is 1. The van der Waals surface area contributed by atoms with Gasteiger partial charge in [0.25, 0.3) is 0 Å². The Morgan fingerprint density at radius 3 is 2.86 bits per heavy atom. The molecule has 0 fully saturated rings. The first kappa shape index (κ1) is 9.74. The van der Waals surface area contributed by atoms with Crippen LogP contribution in [0, 0.1) is 0 Å². The molecule has 0 aliphatic heterocycles. The Kier molecular flexibility index (Phi) is 2.61. The van der Waals surface area contributed by atoms with Gasteiger partial charge >= 0.3 is 5.97 Å². The van der Waals surface area contributed by atoms with Crippen molar-refractivity contribution in [3.63, 3.8) is 0 Å². The normalized spacial score (nSPS) is 16.4. The van der Waals surface area contributed by atoms with Gasteiger partial charge in [0.15, 0.2) is 0 Å². The first-order valence-corrected chi connectivity index (χ1v) is 5.64. The predicted octanol–water partition coefficient (Wildman–Crippen LogP) is 3.42. The summed E-state index contributed by atoms with van der Waals surface area (Å²) >= 11 is 7.49. The summed E-state index contributed by atoms with van der Waals surface area (Å²) in [6.07, 6.45) is 2.42. The van der Waals surface area contributed by atoms with Crippen LogP contribution in [0.4, 0.5) is 0 Å². The second kappa shape index (κ2) is 3.75. The maximum atomic E-state index is 10.9. The van der Waals surface area contributed by atoms with Crippen molar-refractivity contribution < 1.29 is 9.90 Å². The van der Waals surface area contributed by atoms with E-state index < -0.39 is 5.97 Å². The van der Waals surface area contributed by atoms with Crippen molar-refractivity contribution in [1.82, 2.24) is 0 Å². The molecule has 0 atom stereocenters. The molecule has 0 amide bonds. The van der Waals surface area contributed by atoms with E-state index in [1.165, 1.54) is 11.3 Å². The average Bonchev–Trinajstić information content (AvgIpc) is 2.70. The number of hydrogen-bond acceptors (Lipinski definition) is 2. The molecular formula is C10H9ClO2S. The van der Waals surface area contributed by atoms with E-state index in [-0.39, 0.29) is 0 Å². The van der Waals surface area contributed by atoms with E-state index >= 15 is 0 Å². The van der Waals surface area contributed by atoms with Crippen LogP contribution >= 0.6 is 22.9 Å². The van der Waals surface area contributed by atoms with Gasteiger partial charge in [-0.3, -0.25) is 0 Å². The highest BCUT2D eigenvalue weighted by molar-refractivity contribution is 7.11. The quantitative estimate of drug-likeness (QED) is 0.842. The molecule has 0 radical (unpaired) electrons. The van der Waals surface area contributed by atoms with E-state index in [4.69, 9.17) is 16.7 Å². The Labute approximate surface area is 90.8 Å². The second-order valence-electron chi connectivity index (χ2n) is 3.21. The van der Waals surface area contributed by atoms with Crippen LogP contribution in [0.3, 0.4) is 0 Å². The van der Waals surface area contributed by atoms with E-state index in [1.54, 1.807) is 0 Å². The Morgan fingerprint density at radius 1 is 1.50 bits per heavy atom. The second-order valence-corrected chi connectivity index (χ2v) is 4.54. The largest absolute Gasteiger partial charge is 0.478 e. The molecule has 14 heavy (non-hydrogen) atoms. The Hall–Kier alpha value is -0.800. The lowest BCUT2D eigenvalue weighted by atomic mass is 10.1. The zero-order valence-electron chi connectivity index (χ0n) is 7.42. The smallest absolute Gasteiger partial charge is 0.331 e. The molecule has 0 saturated heterocycles. The third kappa shape index (κ3) is 1.57. The summed E-state index contributed by atoms with van der Waals surface area (Å²) in [4.78, 5) is 11.9. The zero-order chi connectivity index (χ0) is 10.1. The van der Waals surface area contributed by atoms with Crippen molar-refractivity contribution in [2.75, 3.05) is 0 Å². The minimum Gasteiger partial charge on any atom is -0.478 e. The van der Waals surface area contributed by atoms with Crippen LogP contribution in [0.5, 0.6) is 0 Å². The molecule has 2 rings (SSSR count). The van der Waals surface area contributed by atoms with Crippen molar-refractivity contribution in [2.24, 2.45) is 0 Å². The van der Waals surface area contributed by atoms with Crippen LogP contribution in [-0.2, 0) is 4.79 Å². The van der Waals surface area contributed by atoms with Gasteiger partial charge in [0.1, 0.15) is 0 Å². The summed E-state index contributed by atoms with van der Waals surface area (Å²) < 4.78 is 0. The van der Waals surface area contributed by atoms with Gasteiger partial charge in [-0.25, -0.2) is 4.79 Å². The van der Waals surface area contributed by atoms with Crippen molar-refractivity contribution in [3.8, 4) is 0 Å². The number of rotatable bonds is 2. The van der Waals surface area contributed by atoms with Gasteiger partial charge in [0.05, 0.1) is 5.02 Å². The highest BCUT2D eigenvalue weighted by atomic mass is 35.5. The Morgan fingerprint density at radius 2 is 2.29 bits per heavy atom. The molecule has 1 aliphatic carbocycles. The molecule has 1 aromatic rings. The van der Waals surface area contributed by atoms with Crippen LogP contribution in [0.1, 0.15) is 24.1 Å². The molecule has 2 nitrogen and oxygen atoms in total. The minimum atomic E-state index is -0.804. The zero-order valence-corrected chi connectivity index (χ0v) is 8.99. The molecule has 0 bridgehead atoms. The maximum absolute atomic E-state index is 10.9. The van der Waals surface area contributed by atoms with Crippen LogP contribution in [0.2, 0.25) is 5.02 Å². The first-order chi connectivity index (χ1) is 6.70. The Bertz CT molecular complexity index is 406. The van der Waals surface area contributed by atoms with Crippen molar-refractivity contribution in [2.45, 2.75) is 19.3 Å². The van der Waals surface area contributed by atoms with Gasteiger partial charge in [0, 0.05) is 10.5 Å². The molecule has 4 heteroatoms. The summed E-state index contributed by atoms with van der Waals surface area (Å²) in [6, 6.07) is 1.81. The predicted molar refractivity (Wildman–Crippen MR) is 57.7 cm³/mol. The van der Waals surface area contributed by atoms with Crippen LogP contribution < -0.4 is 0 Å². The van der Waals surface area contributed by atoms with E-state index in [9.17, 15) is 4.79 Å². The van der Waals surface area contributed by atoms with E-state index in [0.29, 0.717) is 17.0 Å². The van der Waals surface area contributed by atoms with Gasteiger partial charge < -0.3 is 5.11 Å². The number of carbonyl (C=O) groups is 1. The van der Waals surface area contributed by atoms with E-state index in [1.807, 2.05) is 11.4 Å². The number of carboxylic acids is 1. The lowest BCUT2D eigenvalue weighted by Gasteiger charge is -2.01. The lowest BCUT2D eigenvalue weighted by Crippen LogP contribution is -1.98. The van der Waals surface area contributed by atoms with Crippen molar-refractivity contribution in [1.29, 1.82) is 0 Å². The maximum Gasteiger partial charge on any atom is 0.331 e. The molecule has 74 valence electrons. The Balaban J connectivity index is 2.47. The third-order valence-electron chi connectivity index (χ3n) is 2.37. The number of carboxylic acid groups (broad SMARTS) is 1. The molecule has 1 aliphatic rings. The summed E-state index contributed by atoms with van der Waals surface area (Å²) in [7, 11) is 0.